The van der Waals surface area contributed by atoms with Crippen LogP contribution in [0, 0.1) is 6.92 Å². The van der Waals surface area contributed by atoms with Crippen molar-refractivity contribution in [3.05, 3.63) is 83.4 Å². The summed E-state index contributed by atoms with van der Waals surface area (Å²) in [7, 11) is 3.03. The fraction of sp³-hybridized carbons (Fsp3) is 0.120. The summed E-state index contributed by atoms with van der Waals surface area (Å²) >= 11 is 0. The molecule has 34 heavy (non-hydrogen) atoms. The standard InChI is InChI=1S/C25H24N4O5/c1-16-7-6-8-18(13-16)27-23(30)19-9-4-5-10-20(19)28-24(31)25(32)29-26-15-17-11-12-21(33-2)22(14-17)34-3/h4-15H,1-3H3,(H,27,30)(H,28,31)(H,29,32)/b26-15-. The van der Waals surface area contributed by atoms with Crippen molar-refractivity contribution in [3.8, 4) is 11.5 Å². The number of amides is 3. The predicted octanol–water partition coefficient (Wildman–Crippen LogP) is 3.35. The number of ether oxygens (including phenoxy) is 2. The maximum absolute atomic E-state index is 12.7. The van der Waals surface area contributed by atoms with Crippen LogP contribution in [0.3, 0.4) is 0 Å². The average Bonchev–Trinajstić information content (AvgIpc) is 2.84. The van der Waals surface area contributed by atoms with E-state index in [1.54, 1.807) is 42.5 Å². The Kier molecular flexibility index (Phi) is 7.96. The molecule has 3 rings (SSSR count). The van der Waals surface area contributed by atoms with Crippen LogP contribution in [0.4, 0.5) is 11.4 Å². The SMILES string of the molecule is COc1ccc(/C=N\NC(=O)C(=O)Nc2ccccc2C(=O)Nc2cccc(C)c2)cc1OC. The first-order chi connectivity index (χ1) is 16.4. The Hall–Kier alpha value is -4.66. The summed E-state index contributed by atoms with van der Waals surface area (Å²) in [5, 5.41) is 9.02. The first-order valence-corrected chi connectivity index (χ1v) is 10.2. The van der Waals surface area contributed by atoms with Crippen molar-refractivity contribution in [1.82, 2.24) is 5.43 Å². The molecule has 0 aromatic heterocycles. The summed E-state index contributed by atoms with van der Waals surface area (Å²) in [6.45, 7) is 1.91. The van der Waals surface area contributed by atoms with Gasteiger partial charge < -0.3 is 20.1 Å². The molecule has 0 atom stereocenters. The van der Waals surface area contributed by atoms with Crippen molar-refractivity contribution in [2.75, 3.05) is 24.9 Å². The zero-order valence-corrected chi connectivity index (χ0v) is 18.9. The molecule has 0 spiro atoms. The third kappa shape index (κ3) is 6.19. The van der Waals surface area contributed by atoms with Gasteiger partial charge in [-0.25, -0.2) is 5.43 Å². The van der Waals surface area contributed by atoms with Crippen molar-refractivity contribution in [2.24, 2.45) is 5.10 Å². The molecule has 0 fully saturated rings. The Morgan fingerprint density at radius 2 is 1.59 bits per heavy atom. The average molecular weight is 460 g/mol. The number of methoxy groups -OCH3 is 2. The van der Waals surface area contributed by atoms with Gasteiger partial charge in [-0.15, -0.1) is 0 Å². The van der Waals surface area contributed by atoms with Crippen molar-refractivity contribution in [1.29, 1.82) is 0 Å². The van der Waals surface area contributed by atoms with Crippen molar-refractivity contribution < 1.29 is 23.9 Å². The lowest BCUT2D eigenvalue weighted by Gasteiger charge is -2.11. The Morgan fingerprint density at radius 1 is 0.824 bits per heavy atom. The van der Waals surface area contributed by atoms with Gasteiger partial charge in [0.2, 0.25) is 0 Å². The number of hydrogen-bond acceptors (Lipinski definition) is 6. The van der Waals surface area contributed by atoms with Crippen LogP contribution in [-0.4, -0.2) is 38.2 Å². The molecule has 0 aliphatic heterocycles. The molecule has 0 bridgehead atoms. The summed E-state index contributed by atoms with van der Waals surface area (Å²) in [5.41, 5.74) is 4.79. The van der Waals surface area contributed by atoms with E-state index in [0.29, 0.717) is 22.7 Å². The summed E-state index contributed by atoms with van der Waals surface area (Å²) in [6.07, 6.45) is 1.36. The van der Waals surface area contributed by atoms with E-state index in [1.165, 1.54) is 26.5 Å². The summed E-state index contributed by atoms with van der Waals surface area (Å²) in [4.78, 5) is 37.3. The van der Waals surface area contributed by atoms with Gasteiger partial charge in [-0.3, -0.25) is 14.4 Å². The van der Waals surface area contributed by atoms with E-state index in [0.717, 1.165) is 5.56 Å². The van der Waals surface area contributed by atoms with Gasteiger partial charge in [0.1, 0.15) is 0 Å². The maximum atomic E-state index is 12.7. The van der Waals surface area contributed by atoms with Crippen LogP contribution in [-0.2, 0) is 9.59 Å². The zero-order chi connectivity index (χ0) is 24.5. The molecule has 3 amide bonds. The molecule has 0 aliphatic carbocycles. The van der Waals surface area contributed by atoms with E-state index < -0.39 is 17.7 Å². The molecule has 0 heterocycles. The van der Waals surface area contributed by atoms with Crippen LogP contribution in [0.1, 0.15) is 21.5 Å². The lowest BCUT2D eigenvalue weighted by molar-refractivity contribution is -0.136. The quantitative estimate of drug-likeness (QED) is 0.284. The monoisotopic (exact) mass is 460 g/mol. The van der Waals surface area contributed by atoms with Crippen LogP contribution in [0.2, 0.25) is 0 Å². The summed E-state index contributed by atoms with van der Waals surface area (Å²) in [6, 6.07) is 18.8. The summed E-state index contributed by atoms with van der Waals surface area (Å²) in [5.74, 6) is -1.34. The second kappa shape index (κ2) is 11.3. The van der Waals surface area contributed by atoms with Crippen molar-refractivity contribution >= 4 is 35.3 Å². The predicted molar refractivity (Wildman–Crippen MR) is 129 cm³/mol. The second-order valence-corrected chi connectivity index (χ2v) is 7.14. The van der Waals surface area contributed by atoms with Crippen LogP contribution in [0.25, 0.3) is 0 Å². The molecule has 9 heteroatoms. The van der Waals surface area contributed by atoms with Crippen LogP contribution in [0.5, 0.6) is 11.5 Å². The minimum Gasteiger partial charge on any atom is -0.493 e. The van der Waals surface area contributed by atoms with Crippen molar-refractivity contribution in [2.45, 2.75) is 6.92 Å². The molecular weight excluding hydrogens is 436 g/mol. The number of anilines is 2. The van der Waals surface area contributed by atoms with E-state index >= 15 is 0 Å². The number of carbonyl (C=O) groups excluding carboxylic acids is 3. The normalized spacial score (nSPS) is 10.4. The maximum Gasteiger partial charge on any atom is 0.329 e. The lowest BCUT2D eigenvalue weighted by Crippen LogP contribution is -2.33. The number of nitrogens with one attached hydrogen (secondary N) is 3. The van der Waals surface area contributed by atoms with Crippen LogP contribution in [0.15, 0.2) is 71.8 Å². The van der Waals surface area contributed by atoms with Gasteiger partial charge in [0.15, 0.2) is 11.5 Å². The first kappa shape index (κ1) is 24.0. The van der Waals surface area contributed by atoms with Gasteiger partial charge in [-0.2, -0.15) is 5.10 Å². The number of carbonyl (C=O) groups is 3. The lowest BCUT2D eigenvalue weighted by atomic mass is 10.1. The molecule has 174 valence electrons. The highest BCUT2D eigenvalue weighted by Gasteiger charge is 2.18. The van der Waals surface area contributed by atoms with E-state index in [2.05, 4.69) is 21.2 Å². The number of rotatable bonds is 7. The van der Waals surface area contributed by atoms with E-state index in [9.17, 15) is 14.4 Å². The molecular formula is C25H24N4O5. The fourth-order valence-corrected chi connectivity index (χ4v) is 3.04. The zero-order valence-electron chi connectivity index (χ0n) is 18.9. The molecule has 3 aromatic rings. The molecule has 9 nitrogen and oxygen atoms in total. The fourth-order valence-electron chi connectivity index (χ4n) is 3.04. The molecule has 0 unspecified atom stereocenters. The van der Waals surface area contributed by atoms with E-state index in [4.69, 9.17) is 9.47 Å². The van der Waals surface area contributed by atoms with Crippen LogP contribution >= 0.6 is 0 Å². The molecule has 3 N–H and O–H groups in total. The molecule has 0 aliphatic rings. The van der Waals surface area contributed by atoms with Gasteiger partial charge in [-0.1, -0.05) is 24.3 Å². The number of para-hydroxylation sites is 1. The number of hydrazone groups is 1. The van der Waals surface area contributed by atoms with E-state index in [1.807, 2.05) is 25.1 Å². The van der Waals surface area contributed by atoms with Crippen molar-refractivity contribution in [3.63, 3.8) is 0 Å². The molecule has 0 saturated carbocycles. The Labute approximate surface area is 196 Å². The molecule has 0 saturated heterocycles. The third-order valence-electron chi connectivity index (χ3n) is 4.69. The first-order valence-electron chi connectivity index (χ1n) is 10.2. The Morgan fingerprint density at radius 3 is 2.32 bits per heavy atom. The highest BCUT2D eigenvalue weighted by Crippen LogP contribution is 2.26. The molecule has 3 aromatic carbocycles. The highest BCUT2D eigenvalue weighted by molar-refractivity contribution is 6.40. The van der Waals surface area contributed by atoms with Gasteiger partial charge in [0, 0.05) is 5.69 Å². The smallest absolute Gasteiger partial charge is 0.329 e. The summed E-state index contributed by atoms with van der Waals surface area (Å²) < 4.78 is 10.4. The minimum atomic E-state index is -0.995. The second-order valence-electron chi connectivity index (χ2n) is 7.14. The third-order valence-corrected chi connectivity index (χ3v) is 4.69. The van der Waals surface area contributed by atoms with E-state index in [-0.39, 0.29) is 11.3 Å². The number of nitrogens with zero attached hydrogens (tertiary/aromatic N) is 1. The number of hydrogen-bond donors (Lipinski definition) is 3. The topological polar surface area (TPSA) is 118 Å². The Bertz CT molecular complexity index is 1240. The van der Waals surface area contributed by atoms with Gasteiger partial charge in [-0.05, 0) is 60.5 Å². The van der Waals surface area contributed by atoms with Gasteiger partial charge in [0.25, 0.3) is 5.91 Å². The molecule has 0 radical (unpaired) electrons. The van der Waals surface area contributed by atoms with Gasteiger partial charge in [0.05, 0.1) is 31.7 Å². The largest absolute Gasteiger partial charge is 0.493 e. The van der Waals surface area contributed by atoms with Crippen LogP contribution < -0.4 is 25.5 Å². The van der Waals surface area contributed by atoms with Gasteiger partial charge >= 0.3 is 11.8 Å². The highest BCUT2D eigenvalue weighted by atomic mass is 16.5. The number of aryl methyl sites for hydroxylation is 1. The minimum absolute atomic E-state index is 0.191. The Balaban J connectivity index is 1.64. The number of benzene rings is 3.